The normalized spacial score (nSPS) is 17.4. The van der Waals surface area contributed by atoms with Crippen LogP contribution >= 0.6 is 11.6 Å². The molecule has 1 aromatic carbocycles. The Morgan fingerprint density at radius 2 is 2.12 bits per heavy atom. The highest BCUT2D eigenvalue weighted by Gasteiger charge is 2.49. The maximum atomic E-state index is 11.5. The molecule has 1 aromatic rings. The number of carboxylic acids is 1. The Hall–Kier alpha value is -1.22. The molecule has 17 heavy (non-hydrogen) atoms. The number of rotatable bonds is 3. The fourth-order valence-corrected chi connectivity index (χ4v) is 2.80. The lowest BCUT2D eigenvalue weighted by molar-refractivity contribution is -0.147. The predicted molar refractivity (Wildman–Crippen MR) is 65.9 cm³/mol. The molecule has 0 bridgehead atoms. The number of benzene rings is 1. The van der Waals surface area contributed by atoms with Gasteiger partial charge in [-0.3, -0.25) is 4.79 Å². The number of ether oxygens (including phenoxy) is 1. The van der Waals surface area contributed by atoms with E-state index < -0.39 is 11.4 Å². The molecule has 0 atom stereocenters. The second-order valence-corrected chi connectivity index (χ2v) is 4.92. The van der Waals surface area contributed by atoms with Crippen LogP contribution in [0.5, 0.6) is 5.75 Å². The van der Waals surface area contributed by atoms with Gasteiger partial charge in [-0.2, -0.15) is 0 Å². The summed E-state index contributed by atoms with van der Waals surface area (Å²) in [6.07, 6.45) is 2.17. The molecule has 1 N–H and O–H groups in total. The van der Waals surface area contributed by atoms with E-state index in [0.29, 0.717) is 29.2 Å². The molecule has 0 aromatic heterocycles. The van der Waals surface area contributed by atoms with Crippen LogP contribution in [-0.4, -0.2) is 18.2 Å². The maximum absolute atomic E-state index is 11.5. The Morgan fingerprint density at radius 1 is 1.47 bits per heavy atom. The highest BCUT2D eigenvalue weighted by molar-refractivity contribution is 6.32. The van der Waals surface area contributed by atoms with Crippen molar-refractivity contribution in [1.29, 1.82) is 0 Å². The molecule has 1 saturated carbocycles. The van der Waals surface area contributed by atoms with Gasteiger partial charge in [0, 0.05) is 10.6 Å². The Labute approximate surface area is 105 Å². The molecule has 1 aliphatic carbocycles. The van der Waals surface area contributed by atoms with Gasteiger partial charge in [0.1, 0.15) is 5.75 Å². The van der Waals surface area contributed by atoms with Gasteiger partial charge in [-0.15, -0.1) is 0 Å². The van der Waals surface area contributed by atoms with Gasteiger partial charge in [-0.1, -0.05) is 24.1 Å². The van der Waals surface area contributed by atoms with Crippen LogP contribution in [-0.2, 0) is 10.2 Å². The molecular weight excluding hydrogens is 240 g/mol. The molecule has 1 aliphatic rings. The quantitative estimate of drug-likeness (QED) is 0.901. The fraction of sp³-hybridized carbons (Fsp3) is 0.462. The van der Waals surface area contributed by atoms with Crippen molar-refractivity contribution in [3.05, 3.63) is 28.3 Å². The number of carbonyl (C=O) groups is 1. The molecule has 3 nitrogen and oxygen atoms in total. The monoisotopic (exact) mass is 254 g/mol. The third-order valence-electron chi connectivity index (χ3n) is 3.60. The standard InChI is InChI=1S/C13H15ClO3/c1-8-4-5-9(14)10(11(8)17-2)13(12(15)16)6-3-7-13/h4-5H,3,6-7H2,1-2H3,(H,15,16). The second-order valence-electron chi connectivity index (χ2n) is 4.51. The molecule has 0 amide bonds. The van der Waals surface area contributed by atoms with Crippen molar-refractivity contribution >= 4 is 17.6 Å². The summed E-state index contributed by atoms with van der Waals surface area (Å²) in [7, 11) is 1.55. The van der Waals surface area contributed by atoms with E-state index in [-0.39, 0.29) is 0 Å². The number of hydrogen-bond donors (Lipinski definition) is 1. The highest BCUT2D eigenvalue weighted by Crippen LogP contribution is 2.50. The van der Waals surface area contributed by atoms with Crippen molar-refractivity contribution in [2.75, 3.05) is 7.11 Å². The first-order valence-electron chi connectivity index (χ1n) is 5.60. The van der Waals surface area contributed by atoms with E-state index in [2.05, 4.69) is 0 Å². The van der Waals surface area contributed by atoms with Crippen LogP contribution in [0.3, 0.4) is 0 Å². The minimum atomic E-state index is -0.853. The second kappa shape index (κ2) is 4.22. The Morgan fingerprint density at radius 3 is 2.53 bits per heavy atom. The number of methoxy groups -OCH3 is 1. The largest absolute Gasteiger partial charge is 0.496 e. The van der Waals surface area contributed by atoms with Crippen molar-refractivity contribution in [3.8, 4) is 5.75 Å². The first-order chi connectivity index (χ1) is 8.03. The van der Waals surface area contributed by atoms with Gasteiger partial charge >= 0.3 is 5.97 Å². The van der Waals surface area contributed by atoms with Crippen molar-refractivity contribution in [3.63, 3.8) is 0 Å². The van der Waals surface area contributed by atoms with Crippen LogP contribution in [0, 0.1) is 6.92 Å². The average Bonchev–Trinajstić information content (AvgIpc) is 2.21. The number of aliphatic carboxylic acids is 1. The molecule has 0 radical (unpaired) electrons. The van der Waals surface area contributed by atoms with Gasteiger partial charge in [0.15, 0.2) is 0 Å². The summed E-state index contributed by atoms with van der Waals surface area (Å²) < 4.78 is 5.34. The Balaban J connectivity index is 2.65. The number of hydrogen-bond acceptors (Lipinski definition) is 2. The van der Waals surface area contributed by atoms with Crippen LogP contribution in [0.4, 0.5) is 0 Å². The molecular formula is C13H15ClO3. The van der Waals surface area contributed by atoms with Gasteiger partial charge in [0.2, 0.25) is 0 Å². The summed E-state index contributed by atoms with van der Waals surface area (Å²) in [5.74, 6) is -0.200. The summed E-state index contributed by atoms with van der Waals surface area (Å²) >= 11 is 6.18. The molecule has 2 rings (SSSR count). The third-order valence-corrected chi connectivity index (χ3v) is 3.92. The summed E-state index contributed by atoms with van der Waals surface area (Å²) in [4.78, 5) is 11.5. The Kier molecular flexibility index (Phi) is 3.04. The van der Waals surface area contributed by atoms with E-state index in [0.717, 1.165) is 12.0 Å². The summed E-state index contributed by atoms with van der Waals surface area (Å²) in [5, 5.41) is 9.94. The molecule has 0 heterocycles. The van der Waals surface area contributed by atoms with E-state index in [4.69, 9.17) is 16.3 Å². The summed E-state index contributed by atoms with van der Waals surface area (Å²) in [5.41, 5.74) is 0.703. The van der Waals surface area contributed by atoms with Crippen molar-refractivity contribution < 1.29 is 14.6 Å². The lowest BCUT2D eigenvalue weighted by atomic mass is 9.64. The first kappa shape index (κ1) is 12.2. The Bertz CT molecular complexity index is 464. The minimum Gasteiger partial charge on any atom is -0.496 e. The lowest BCUT2D eigenvalue weighted by Crippen LogP contribution is -2.43. The van der Waals surface area contributed by atoms with Gasteiger partial charge in [-0.25, -0.2) is 0 Å². The van der Waals surface area contributed by atoms with E-state index in [1.54, 1.807) is 13.2 Å². The number of aryl methyl sites for hydroxylation is 1. The van der Waals surface area contributed by atoms with Gasteiger partial charge in [0.05, 0.1) is 12.5 Å². The van der Waals surface area contributed by atoms with Gasteiger partial charge in [-0.05, 0) is 31.4 Å². The van der Waals surface area contributed by atoms with Crippen molar-refractivity contribution in [2.24, 2.45) is 0 Å². The van der Waals surface area contributed by atoms with Crippen LogP contribution < -0.4 is 4.74 Å². The first-order valence-corrected chi connectivity index (χ1v) is 5.97. The van der Waals surface area contributed by atoms with Crippen LogP contribution in [0.25, 0.3) is 0 Å². The van der Waals surface area contributed by atoms with Crippen molar-refractivity contribution in [1.82, 2.24) is 0 Å². The fourth-order valence-electron chi connectivity index (χ4n) is 2.47. The van der Waals surface area contributed by atoms with E-state index >= 15 is 0 Å². The van der Waals surface area contributed by atoms with E-state index in [1.807, 2.05) is 13.0 Å². The molecule has 4 heteroatoms. The zero-order valence-electron chi connectivity index (χ0n) is 9.92. The lowest BCUT2D eigenvalue weighted by Gasteiger charge is -2.39. The van der Waals surface area contributed by atoms with Crippen LogP contribution in [0.2, 0.25) is 5.02 Å². The zero-order chi connectivity index (χ0) is 12.6. The maximum Gasteiger partial charge on any atom is 0.314 e. The molecule has 0 saturated heterocycles. The van der Waals surface area contributed by atoms with Gasteiger partial charge < -0.3 is 9.84 Å². The number of carboxylic acid groups (broad SMARTS) is 1. The molecule has 92 valence electrons. The summed E-state index contributed by atoms with van der Waals surface area (Å²) in [6, 6.07) is 3.59. The van der Waals surface area contributed by atoms with E-state index in [9.17, 15) is 9.90 Å². The smallest absolute Gasteiger partial charge is 0.314 e. The molecule has 0 spiro atoms. The SMILES string of the molecule is COc1c(C)ccc(Cl)c1C1(C(=O)O)CCC1. The topological polar surface area (TPSA) is 46.5 Å². The minimum absolute atomic E-state index is 0.481. The molecule has 1 fully saturated rings. The zero-order valence-corrected chi connectivity index (χ0v) is 10.7. The highest BCUT2D eigenvalue weighted by atomic mass is 35.5. The summed E-state index contributed by atoms with van der Waals surface area (Å²) in [6.45, 7) is 1.90. The van der Waals surface area contributed by atoms with Crippen molar-refractivity contribution in [2.45, 2.75) is 31.6 Å². The molecule has 0 aliphatic heterocycles. The average molecular weight is 255 g/mol. The van der Waals surface area contributed by atoms with Crippen LogP contribution in [0.15, 0.2) is 12.1 Å². The third kappa shape index (κ3) is 1.69. The predicted octanol–water partition coefficient (Wildman–Crippen LogP) is 3.16. The van der Waals surface area contributed by atoms with Gasteiger partial charge in [0.25, 0.3) is 0 Å². The van der Waals surface area contributed by atoms with Crippen LogP contribution in [0.1, 0.15) is 30.4 Å². The molecule has 0 unspecified atom stereocenters. The van der Waals surface area contributed by atoms with E-state index in [1.165, 1.54) is 0 Å². The number of halogens is 1.